The van der Waals surface area contributed by atoms with E-state index >= 15 is 0 Å². The quantitative estimate of drug-likeness (QED) is 0.226. The van der Waals surface area contributed by atoms with E-state index in [0.29, 0.717) is 0 Å². The molecule has 0 fully saturated rings. The predicted molar refractivity (Wildman–Crippen MR) is 158 cm³/mol. The van der Waals surface area contributed by atoms with Gasteiger partial charge in [0.25, 0.3) is 0 Å². The fourth-order valence-electron chi connectivity index (χ4n) is 7.15. The summed E-state index contributed by atoms with van der Waals surface area (Å²) in [5, 5.41) is 4.77. The van der Waals surface area contributed by atoms with E-state index in [1.54, 1.807) is 0 Å². The van der Waals surface area contributed by atoms with Gasteiger partial charge in [0.15, 0.2) is 0 Å². The number of carbonyl (C=O) groups is 2. The molecule has 38 heavy (non-hydrogen) atoms. The zero-order chi connectivity index (χ0) is 26.6. The third-order valence-electron chi connectivity index (χ3n) is 8.81. The normalized spacial score (nSPS) is 17.9. The van der Waals surface area contributed by atoms with Crippen molar-refractivity contribution in [2.75, 3.05) is 0 Å². The van der Waals surface area contributed by atoms with Crippen molar-refractivity contribution in [2.45, 2.75) is 90.9 Å². The van der Waals surface area contributed by atoms with E-state index in [9.17, 15) is 9.59 Å². The Balaban J connectivity index is 1.56. The van der Waals surface area contributed by atoms with Gasteiger partial charge < -0.3 is 0 Å². The number of Topliss-reactive ketones (excluding diaryl/α,β-unsaturated/α-hetero) is 2. The third-order valence-corrected chi connectivity index (χ3v) is 8.81. The first-order chi connectivity index (χ1) is 18.5. The van der Waals surface area contributed by atoms with Gasteiger partial charge in [0.05, 0.1) is 11.8 Å². The number of hydrogen-bond donors (Lipinski definition) is 0. The maximum absolute atomic E-state index is 13.5. The maximum atomic E-state index is 13.5. The zero-order valence-electron chi connectivity index (χ0n) is 23.2. The van der Waals surface area contributed by atoms with E-state index in [2.05, 4.69) is 76.2 Å². The fraction of sp³-hybridized carbons (Fsp3) is 0.389. The highest BCUT2D eigenvalue weighted by Gasteiger charge is 2.49. The lowest BCUT2D eigenvalue weighted by Crippen LogP contribution is -2.40. The summed E-state index contributed by atoms with van der Waals surface area (Å²) in [6.45, 7) is 8.92. The monoisotopic (exact) mass is 502 g/mol. The first-order valence-corrected chi connectivity index (χ1v) is 14.8. The van der Waals surface area contributed by atoms with Crippen LogP contribution in [0.5, 0.6) is 0 Å². The van der Waals surface area contributed by atoms with E-state index in [1.807, 2.05) is 0 Å². The van der Waals surface area contributed by atoms with Gasteiger partial charge in [-0.3, -0.25) is 9.59 Å². The second kappa shape index (κ2) is 9.80. The molecule has 3 aliphatic carbocycles. The van der Waals surface area contributed by atoms with Crippen LogP contribution in [0.2, 0.25) is 0 Å². The molecule has 0 spiro atoms. The Bertz CT molecular complexity index is 1380. The highest BCUT2D eigenvalue weighted by atomic mass is 16.2. The molecule has 2 heteroatoms. The minimum Gasteiger partial charge on any atom is -0.290 e. The Morgan fingerprint density at radius 3 is 0.868 bits per heavy atom. The van der Waals surface area contributed by atoms with Crippen molar-refractivity contribution in [3.05, 3.63) is 93.0 Å². The molecule has 3 aliphatic rings. The molecule has 2 nitrogen and oxygen atoms in total. The van der Waals surface area contributed by atoms with Crippen LogP contribution in [0.3, 0.4) is 0 Å². The van der Waals surface area contributed by atoms with Crippen LogP contribution in [0.15, 0.2) is 48.5 Å². The molecule has 0 atom stereocenters. The fourth-order valence-corrected chi connectivity index (χ4v) is 7.15. The summed E-state index contributed by atoms with van der Waals surface area (Å²) in [5.41, 5.74) is 9.85. The number of fused-ring (bicyclic) bond motifs is 3. The molecule has 2 bridgehead atoms. The molecule has 0 unspecified atom stereocenters. The van der Waals surface area contributed by atoms with Crippen LogP contribution >= 0.6 is 0 Å². The number of aryl methyl sites for hydroxylation is 4. The van der Waals surface area contributed by atoms with Gasteiger partial charge in [-0.1, -0.05) is 77.6 Å². The van der Waals surface area contributed by atoms with Crippen molar-refractivity contribution in [1.29, 1.82) is 0 Å². The number of carbonyl (C=O) groups excluding carboxylic acids is 2. The smallest absolute Gasteiger partial charge is 0.211 e. The molecule has 0 radical (unpaired) electrons. The average Bonchev–Trinajstić information content (AvgIpc) is 2.90. The van der Waals surface area contributed by atoms with Gasteiger partial charge in [-0.2, -0.15) is 0 Å². The standard InChI is InChI=1S/C36H38O2/c1-5-9-21-13-25-17-29-30(18-26(25)14-22(21)10-6-2)34-32-20-28-16-24(12-8-4)23(11-7-3)15-27(28)19-31(32)33(29)35(37)36(34)38/h13-20,33-34H,5-12H2,1-4H3. The van der Waals surface area contributed by atoms with Gasteiger partial charge in [0.1, 0.15) is 0 Å². The van der Waals surface area contributed by atoms with Crippen LogP contribution in [0.25, 0.3) is 21.5 Å². The van der Waals surface area contributed by atoms with Gasteiger partial charge in [0, 0.05) is 0 Å². The summed E-state index contributed by atoms with van der Waals surface area (Å²) in [6.07, 6.45) is 8.75. The van der Waals surface area contributed by atoms with Crippen LogP contribution < -0.4 is 0 Å². The van der Waals surface area contributed by atoms with E-state index in [0.717, 1.165) is 73.6 Å². The number of benzene rings is 4. The zero-order valence-corrected chi connectivity index (χ0v) is 23.2. The summed E-state index contributed by atoms with van der Waals surface area (Å²) < 4.78 is 0. The lowest BCUT2D eigenvalue weighted by Gasteiger charge is -2.38. The lowest BCUT2D eigenvalue weighted by molar-refractivity contribution is -0.138. The minimum atomic E-state index is -0.485. The van der Waals surface area contributed by atoms with E-state index < -0.39 is 11.8 Å². The van der Waals surface area contributed by atoms with Crippen LogP contribution in [-0.4, -0.2) is 11.6 Å². The summed E-state index contributed by atoms with van der Waals surface area (Å²) >= 11 is 0. The second-order valence-electron chi connectivity index (χ2n) is 11.5. The Morgan fingerprint density at radius 1 is 0.421 bits per heavy atom. The van der Waals surface area contributed by atoms with Gasteiger partial charge in [-0.05, 0) is 116 Å². The summed E-state index contributed by atoms with van der Waals surface area (Å²) in [5.74, 6) is -1.44. The molecule has 7 rings (SSSR count). The Labute approximate surface area is 226 Å². The van der Waals surface area contributed by atoms with Crippen molar-refractivity contribution in [2.24, 2.45) is 0 Å². The highest BCUT2D eigenvalue weighted by Crippen LogP contribution is 2.51. The topological polar surface area (TPSA) is 34.1 Å². The first kappa shape index (κ1) is 25.0. The SMILES string of the molecule is CCCc1cc2cc3c(cc2cc1CCC)C1C(=O)C(=O)C3c2cc3cc(CCC)c(CCC)cc3cc21. The van der Waals surface area contributed by atoms with Gasteiger partial charge >= 0.3 is 0 Å². The minimum absolute atomic E-state index is 0.235. The second-order valence-corrected chi connectivity index (χ2v) is 11.5. The molecular formula is C36H38O2. The summed E-state index contributed by atoms with van der Waals surface area (Å²) in [4.78, 5) is 26.9. The van der Waals surface area contributed by atoms with Crippen LogP contribution in [0.4, 0.5) is 0 Å². The molecule has 0 aliphatic heterocycles. The van der Waals surface area contributed by atoms with E-state index in [4.69, 9.17) is 0 Å². The molecule has 0 aromatic heterocycles. The predicted octanol–water partition coefficient (Wildman–Crippen LogP) is 8.53. The molecule has 194 valence electrons. The van der Waals surface area contributed by atoms with E-state index in [1.165, 1.54) is 43.8 Å². The molecule has 4 aromatic carbocycles. The third kappa shape index (κ3) is 3.83. The van der Waals surface area contributed by atoms with Gasteiger partial charge in [-0.25, -0.2) is 0 Å². The number of ketones is 2. The summed E-state index contributed by atoms with van der Waals surface area (Å²) in [7, 11) is 0. The molecule has 0 N–H and O–H groups in total. The lowest BCUT2D eigenvalue weighted by atomic mass is 9.61. The first-order valence-electron chi connectivity index (χ1n) is 14.8. The van der Waals surface area contributed by atoms with Crippen molar-refractivity contribution in [1.82, 2.24) is 0 Å². The number of rotatable bonds is 8. The molecule has 4 aromatic rings. The Morgan fingerprint density at radius 2 is 0.658 bits per heavy atom. The average molecular weight is 503 g/mol. The molecule has 0 saturated carbocycles. The van der Waals surface area contributed by atoms with Crippen molar-refractivity contribution in [3.63, 3.8) is 0 Å². The summed E-state index contributed by atoms with van der Waals surface area (Å²) in [6, 6.07) is 18.3. The molecule has 0 saturated heterocycles. The van der Waals surface area contributed by atoms with Crippen LogP contribution in [-0.2, 0) is 35.3 Å². The Kier molecular flexibility index (Phi) is 6.46. The van der Waals surface area contributed by atoms with Crippen molar-refractivity contribution < 1.29 is 9.59 Å². The largest absolute Gasteiger partial charge is 0.290 e. The molecular weight excluding hydrogens is 464 g/mol. The van der Waals surface area contributed by atoms with Crippen molar-refractivity contribution in [3.8, 4) is 0 Å². The van der Waals surface area contributed by atoms with E-state index in [-0.39, 0.29) is 11.6 Å². The molecule has 0 heterocycles. The van der Waals surface area contributed by atoms with Gasteiger partial charge in [-0.15, -0.1) is 0 Å². The highest BCUT2D eigenvalue weighted by molar-refractivity contribution is 6.45. The van der Waals surface area contributed by atoms with Crippen LogP contribution in [0, 0.1) is 0 Å². The number of hydrogen-bond acceptors (Lipinski definition) is 2. The van der Waals surface area contributed by atoms with Crippen LogP contribution in [0.1, 0.15) is 110 Å². The molecule has 0 amide bonds. The van der Waals surface area contributed by atoms with Gasteiger partial charge in [0.2, 0.25) is 11.6 Å². The Hall–Kier alpha value is -3.26. The maximum Gasteiger partial charge on any atom is 0.211 e. The van der Waals surface area contributed by atoms with Crippen molar-refractivity contribution >= 4 is 33.1 Å².